The predicted octanol–water partition coefficient (Wildman–Crippen LogP) is 2.31. The predicted molar refractivity (Wildman–Crippen MR) is 88.4 cm³/mol. The van der Waals surface area contributed by atoms with Crippen LogP contribution in [-0.4, -0.2) is 51.4 Å². The topological polar surface area (TPSA) is 60.2 Å². The van der Waals surface area contributed by atoms with Gasteiger partial charge in [-0.25, -0.2) is 4.98 Å². The molecule has 1 aliphatic rings. The summed E-state index contributed by atoms with van der Waals surface area (Å²) in [5, 5.41) is 5.30. The molecule has 1 fully saturated rings. The quantitative estimate of drug-likeness (QED) is 0.868. The van der Waals surface area contributed by atoms with Gasteiger partial charge in [0, 0.05) is 38.3 Å². The van der Waals surface area contributed by atoms with Crippen LogP contribution < -0.4 is 0 Å². The first kappa shape index (κ1) is 15.9. The number of hydrogen-bond donors (Lipinski definition) is 0. The molecule has 3 heterocycles. The summed E-state index contributed by atoms with van der Waals surface area (Å²) in [6.45, 7) is 6.25. The molecule has 0 aliphatic carbocycles. The van der Waals surface area contributed by atoms with Gasteiger partial charge in [-0.15, -0.1) is 0 Å². The molecule has 2 aromatic heterocycles. The lowest BCUT2D eigenvalue weighted by Crippen LogP contribution is -2.43. The normalized spacial score (nSPS) is 18.6. The van der Waals surface area contributed by atoms with Crippen LogP contribution in [0.5, 0.6) is 0 Å². The number of carbonyl (C=O) groups excluding carboxylic acids is 1. The van der Waals surface area contributed by atoms with Crippen molar-refractivity contribution in [3.63, 3.8) is 0 Å². The highest BCUT2D eigenvalue weighted by atomic mass is 16.5. The van der Waals surface area contributed by atoms with Gasteiger partial charge in [0.25, 0.3) is 5.91 Å². The summed E-state index contributed by atoms with van der Waals surface area (Å²) in [6.07, 6.45) is 4.84. The average molecular weight is 316 g/mol. The minimum atomic E-state index is 0.0347. The van der Waals surface area contributed by atoms with Gasteiger partial charge in [0.1, 0.15) is 0 Å². The standard InChI is InChI=1S/C17H24N4O2/c1-4-8-23-14-6-5-7-21(11-14)17(22)13-9-15-12(2)19-20(3)16(15)18-10-13/h9-10,14H,4-8,11H2,1-3H3/t14-/m0/s1. The number of amides is 1. The molecule has 0 N–H and O–H groups in total. The lowest BCUT2D eigenvalue weighted by molar-refractivity contribution is 0.00210. The fourth-order valence-corrected chi connectivity index (χ4v) is 3.15. The number of hydrogen-bond acceptors (Lipinski definition) is 4. The molecule has 1 amide bonds. The Bertz CT molecular complexity index is 710. The molecule has 1 saturated heterocycles. The fourth-order valence-electron chi connectivity index (χ4n) is 3.15. The molecule has 6 nitrogen and oxygen atoms in total. The number of aryl methyl sites for hydroxylation is 2. The Labute approximate surface area is 136 Å². The Morgan fingerprint density at radius 1 is 1.48 bits per heavy atom. The van der Waals surface area contributed by atoms with Gasteiger partial charge in [0.15, 0.2) is 5.65 Å². The molecule has 6 heteroatoms. The van der Waals surface area contributed by atoms with Crippen molar-refractivity contribution in [2.75, 3.05) is 19.7 Å². The summed E-state index contributed by atoms with van der Waals surface area (Å²) in [7, 11) is 1.87. The first-order chi connectivity index (χ1) is 11.1. The highest BCUT2D eigenvalue weighted by molar-refractivity contribution is 5.97. The van der Waals surface area contributed by atoms with Gasteiger partial charge in [0.2, 0.25) is 0 Å². The van der Waals surface area contributed by atoms with Crippen LogP contribution in [0.3, 0.4) is 0 Å². The molecule has 3 rings (SSSR count). The number of fused-ring (bicyclic) bond motifs is 1. The summed E-state index contributed by atoms with van der Waals surface area (Å²) in [5.41, 5.74) is 2.33. The van der Waals surface area contributed by atoms with Crippen molar-refractivity contribution < 1.29 is 9.53 Å². The molecular weight excluding hydrogens is 292 g/mol. The van der Waals surface area contributed by atoms with E-state index in [-0.39, 0.29) is 12.0 Å². The number of likely N-dealkylation sites (tertiary alicyclic amines) is 1. The highest BCUT2D eigenvalue weighted by Gasteiger charge is 2.25. The van der Waals surface area contributed by atoms with Crippen LogP contribution in [-0.2, 0) is 11.8 Å². The summed E-state index contributed by atoms with van der Waals surface area (Å²) in [6, 6.07) is 1.91. The third-order valence-electron chi connectivity index (χ3n) is 4.33. The van der Waals surface area contributed by atoms with Crippen LogP contribution in [0.15, 0.2) is 12.3 Å². The first-order valence-electron chi connectivity index (χ1n) is 8.30. The van der Waals surface area contributed by atoms with E-state index in [1.165, 1.54) is 0 Å². The van der Waals surface area contributed by atoms with Crippen LogP contribution in [0.1, 0.15) is 42.2 Å². The summed E-state index contributed by atoms with van der Waals surface area (Å²) < 4.78 is 7.56. The van der Waals surface area contributed by atoms with E-state index in [1.54, 1.807) is 10.9 Å². The second-order valence-electron chi connectivity index (χ2n) is 6.19. The van der Waals surface area contributed by atoms with Crippen LogP contribution >= 0.6 is 0 Å². The van der Waals surface area contributed by atoms with Gasteiger partial charge in [-0.3, -0.25) is 9.48 Å². The molecule has 23 heavy (non-hydrogen) atoms. The van der Waals surface area contributed by atoms with Crippen molar-refractivity contribution in [2.24, 2.45) is 7.05 Å². The van der Waals surface area contributed by atoms with Gasteiger partial charge in [-0.1, -0.05) is 6.92 Å². The molecule has 0 unspecified atom stereocenters. The minimum Gasteiger partial charge on any atom is -0.376 e. The fraction of sp³-hybridized carbons (Fsp3) is 0.588. The number of carbonyl (C=O) groups is 1. The second-order valence-corrected chi connectivity index (χ2v) is 6.19. The van der Waals surface area contributed by atoms with Crippen molar-refractivity contribution in [1.29, 1.82) is 0 Å². The Balaban J connectivity index is 1.78. The van der Waals surface area contributed by atoms with Crippen molar-refractivity contribution in [3.05, 3.63) is 23.5 Å². The van der Waals surface area contributed by atoms with E-state index in [1.807, 2.05) is 24.9 Å². The van der Waals surface area contributed by atoms with Crippen molar-refractivity contribution in [3.8, 4) is 0 Å². The maximum Gasteiger partial charge on any atom is 0.255 e. The monoisotopic (exact) mass is 316 g/mol. The van der Waals surface area contributed by atoms with E-state index in [2.05, 4.69) is 17.0 Å². The third-order valence-corrected chi connectivity index (χ3v) is 4.33. The van der Waals surface area contributed by atoms with E-state index in [0.29, 0.717) is 12.1 Å². The summed E-state index contributed by atoms with van der Waals surface area (Å²) in [5.74, 6) is 0.0347. The number of ether oxygens (including phenoxy) is 1. The molecule has 2 aromatic rings. The lowest BCUT2D eigenvalue weighted by atomic mass is 10.1. The van der Waals surface area contributed by atoms with Crippen molar-refractivity contribution in [1.82, 2.24) is 19.7 Å². The molecule has 0 saturated carbocycles. The number of rotatable bonds is 4. The average Bonchev–Trinajstić information content (AvgIpc) is 2.86. The number of piperidine rings is 1. The zero-order chi connectivity index (χ0) is 16.4. The molecule has 0 spiro atoms. The van der Waals surface area contributed by atoms with Crippen LogP contribution in [0.2, 0.25) is 0 Å². The van der Waals surface area contributed by atoms with E-state index in [9.17, 15) is 4.79 Å². The van der Waals surface area contributed by atoms with E-state index >= 15 is 0 Å². The number of nitrogens with zero attached hydrogens (tertiary/aromatic N) is 4. The zero-order valence-electron chi connectivity index (χ0n) is 14.1. The molecule has 1 aliphatic heterocycles. The lowest BCUT2D eigenvalue weighted by Gasteiger charge is -2.32. The second kappa shape index (κ2) is 6.66. The molecule has 0 bridgehead atoms. The Hall–Kier alpha value is -1.95. The Morgan fingerprint density at radius 2 is 2.30 bits per heavy atom. The zero-order valence-corrected chi connectivity index (χ0v) is 14.1. The van der Waals surface area contributed by atoms with Crippen LogP contribution in [0.25, 0.3) is 11.0 Å². The molecule has 0 radical (unpaired) electrons. The summed E-state index contributed by atoms with van der Waals surface area (Å²) in [4.78, 5) is 19.1. The van der Waals surface area contributed by atoms with Crippen molar-refractivity contribution in [2.45, 2.75) is 39.2 Å². The Kier molecular flexibility index (Phi) is 4.61. The number of pyridine rings is 1. The molecular formula is C17H24N4O2. The van der Waals surface area contributed by atoms with E-state index in [0.717, 1.165) is 49.1 Å². The van der Waals surface area contributed by atoms with Crippen LogP contribution in [0.4, 0.5) is 0 Å². The maximum atomic E-state index is 12.8. The molecule has 0 aromatic carbocycles. The van der Waals surface area contributed by atoms with Gasteiger partial charge in [-0.05, 0) is 32.3 Å². The van der Waals surface area contributed by atoms with Crippen LogP contribution in [0, 0.1) is 6.92 Å². The van der Waals surface area contributed by atoms with Gasteiger partial charge in [-0.2, -0.15) is 5.10 Å². The molecule has 124 valence electrons. The third kappa shape index (κ3) is 3.22. The van der Waals surface area contributed by atoms with Gasteiger partial charge < -0.3 is 9.64 Å². The smallest absolute Gasteiger partial charge is 0.255 e. The minimum absolute atomic E-state index is 0.0347. The van der Waals surface area contributed by atoms with Gasteiger partial charge >= 0.3 is 0 Å². The highest BCUT2D eigenvalue weighted by Crippen LogP contribution is 2.20. The maximum absolute atomic E-state index is 12.8. The Morgan fingerprint density at radius 3 is 3.09 bits per heavy atom. The SMILES string of the molecule is CCCO[C@H]1CCCN(C(=O)c2cnc3c(c2)c(C)nn3C)C1. The van der Waals surface area contributed by atoms with Gasteiger partial charge in [0.05, 0.1) is 17.4 Å². The summed E-state index contributed by atoms with van der Waals surface area (Å²) >= 11 is 0. The molecule has 1 atom stereocenters. The van der Waals surface area contributed by atoms with Crippen molar-refractivity contribution >= 4 is 16.9 Å². The number of aromatic nitrogens is 3. The largest absolute Gasteiger partial charge is 0.376 e. The van der Waals surface area contributed by atoms with E-state index in [4.69, 9.17) is 4.74 Å². The van der Waals surface area contributed by atoms with E-state index < -0.39 is 0 Å². The first-order valence-corrected chi connectivity index (χ1v) is 8.30.